The van der Waals surface area contributed by atoms with Crippen molar-refractivity contribution >= 4 is 21.7 Å². The van der Waals surface area contributed by atoms with Crippen molar-refractivity contribution in [2.24, 2.45) is 0 Å². The van der Waals surface area contributed by atoms with Crippen LogP contribution in [0, 0.1) is 5.82 Å². The number of rotatable bonds is 6. The summed E-state index contributed by atoms with van der Waals surface area (Å²) in [6.07, 6.45) is 0. The van der Waals surface area contributed by atoms with Gasteiger partial charge >= 0.3 is 0 Å². The molecule has 1 aliphatic rings. The molecule has 2 aromatic rings. The SMILES string of the molecule is C=CS(=O)(=O)NC(=O)c1cc(N2CC(F)(F)C2CF)n(-c2ccc(F)cc2)n1. The first-order valence-corrected chi connectivity index (χ1v) is 9.38. The number of alkyl halides is 3. The molecule has 0 spiro atoms. The van der Waals surface area contributed by atoms with E-state index in [1.807, 2.05) is 0 Å². The molecule has 0 aliphatic carbocycles. The van der Waals surface area contributed by atoms with Crippen molar-refractivity contribution in [2.45, 2.75) is 12.0 Å². The van der Waals surface area contributed by atoms with Crippen LogP contribution in [0.2, 0.25) is 0 Å². The van der Waals surface area contributed by atoms with Crippen LogP contribution in [0.25, 0.3) is 5.69 Å². The van der Waals surface area contributed by atoms with E-state index < -0.39 is 52.6 Å². The molecule has 0 saturated carbocycles. The Morgan fingerprint density at radius 2 is 2.00 bits per heavy atom. The fraction of sp³-hybridized carbons (Fsp3) is 0.250. The smallest absolute Gasteiger partial charge is 0.287 e. The van der Waals surface area contributed by atoms with Crippen LogP contribution in [0.5, 0.6) is 0 Å². The average Bonchev–Trinajstić information content (AvgIpc) is 3.05. The molecule has 12 heteroatoms. The molecule has 1 N–H and O–H groups in total. The number of carbonyl (C=O) groups excluding carboxylic acids is 1. The van der Waals surface area contributed by atoms with E-state index in [9.17, 15) is 30.8 Å². The van der Waals surface area contributed by atoms with E-state index in [0.29, 0.717) is 5.41 Å². The van der Waals surface area contributed by atoms with Gasteiger partial charge in [0.15, 0.2) is 5.69 Å². The number of hydrogen-bond acceptors (Lipinski definition) is 5. The van der Waals surface area contributed by atoms with Crippen molar-refractivity contribution in [2.75, 3.05) is 18.1 Å². The quantitative estimate of drug-likeness (QED) is 0.726. The van der Waals surface area contributed by atoms with Crippen molar-refractivity contribution < 1.29 is 30.8 Å². The molecule has 0 bridgehead atoms. The molecule has 2 heterocycles. The van der Waals surface area contributed by atoms with Crippen molar-refractivity contribution in [3.05, 3.63) is 53.8 Å². The Morgan fingerprint density at radius 1 is 1.36 bits per heavy atom. The van der Waals surface area contributed by atoms with Gasteiger partial charge in [0.2, 0.25) is 0 Å². The molecule has 1 aliphatic heterocycles. The average molecular weight is 418 g/mol. The predicted molar refractivity (Wildman–Crippen MR) is 92.2 cm³/mol. The molecule has 1 unspecified atom stereocenters. The summed E-state index contributed by atoms with van der Waals surface area (Å²) < 4.78 is 79.2. The third kappa shape index (κ3) is 3.59. The summed E-state index contributed by atoms with van der Waals surface area (Å²) in [4.78, 5) is 13.2. The molecule has 1 amide bonds. The summed E-state index contributed by atoms with van der Waals surface area (Å²) in [7, 11) is -4.11. The molecule has 150 valence electrons. The number of sulfonamides is 1. The van der Waals surface area contributed by atoms with Crippen molar-refractivity contribution in [3.8, 4) is 5.69 Å². The molecular formula is C16H14F4N4O3S. The highest BCUT2D eigenvalue weighted by molar-refractivity contribution is 7.92. The number of nitrogens with one attached hydrogen (secondary N) is 1. The molecule has 3 rings (SSSR count). The van der Waals surface area contributed by atoms with Crippen LogP contribution in [-0.2, 0) is 10.0 Å². The normalized spacial score (nSPS) is 18.4. The van der Waals surface area contributed by atoms with Crippen molar-refractivity contribution in [1.29, 1.82) is 0 Å². The van der Waals surface area contributed by atoms with Gasteiger partial charge in [0.05, 0.1) is 12.2 Å². The van der Waals surface area contributed by atoms with Gasteiger partial charge in [-0.15, -0.1) is 0 Å². The summed E-state index contributed by atoms with van der Waals surface area (Å²) in [5.74, 6) is -5.04. The van der Waals surface area contributed by atoms with Gasteiger partial charge in [0, 0.05) is 11.5 Å². The lowest BCUT2D eigenvalue weighted by Gasteiger charge is -2.47. The van der Waals surface area contributed by atoms with Gasteiger partial charge in [-0.1, -0.05) is 6.58 Å². The Balaban J connectivity index is 2.04. The number of anilines is 1. The third-order valence-corrected chi connectivity index (χ3v) is 5.04. The lowest BCUT2D eigenvalue weighted by molar-refractivity contribution is -0.0771. The Labute approximate surface area is 157 Å². The van der Waals surface area contributed by atoms with Crippen LogP contribution in [0.15, 0.2) is 42.3 Å². The second-order valence-electron chi connectivity index (χ2n) is 5.98. The molecular weight excluding hydrogens is 404 g/mol. The minimum Gasteiger partial charge on any atom is -0.339 e. The maximum absolute atomic E-state index is 13.6. The minimum atomic E-state index is -4.11. The highest BCUT2D eigenvalue weighted by Crippen LogP contribution is 2.39. The van der Waals surface area contributed by atoms with Gasteiger partial charge in [-0.2, -0.15) is 5.10 Å². The first-order chi connectivity index (χ1) is 13.1. The van der Waals surface area contributed by atoms with Gasteiger partial charge < -0.3 is 4.90 Å². The van der Waals surface area contributed by atoms with E-state index in [0.717, 1.165) is 27.8 Å². The lowest BCUT2D eigenvalue weighted by Crippen LogP contribution is -2.66. The largest absolute Gasteiger partial charge is 0.339 e. The lowest BCUT2D eigenvalue weighted by atomic mass is 9.99. The summed E-state index contributed by atoms with van der Waals surface area (Å²) in [6, 6.07) is 4.00. The molecule has 7 nitrogen and oxygen atoms in total. The number of aromatic nitrogens is 2. The van der Waals surface area contributed by atoms with E-state index in [1.165, 1.54) is 12.1 Å². The first-order valence-electron chi connectivity index (χ1n) is 7.84. The van der Waals surface area contributed by atoms with Gasteiger partial charge in [-0.25, -0.2) is 35.4 Å². The topological polar surface area (TPSA) is 84.3 Å². The van der Waals surface area contributed by atoms with Crippen LogP contribution in [0.3, 0.4) is 0 Å². The highest BCUT2D eigenvalue weighted by Gasteiger charge is 2.56. The Bertz CT molecular complexity index is 1020. The molecule has 1 aromatic heterocycles. The summed E-state index contributed by atoms with van der Waals surface area (Å²) in [5.41, 5.74) is -0.215. The molecule has 28 heavy (non-hydrogen) atoms. The van der Waals surface area contributed by atoms with Crippen LogP contribution in [0.1, 0.15) is 10.5 Å². The predicted octanol–water partition coefficient (Wildman–Crippen LogP) is 2.01. The summed E-state index contributed by atoms with van der Waals surface area (Å²) in [6.45, 7) is 0.876. The van der Waals surface area contributed by atoms with Gasteiger partial charge in [-0.3, -0.25) is 4.79 Å². The Kier molecular flexibility index (Phi) is 4.91. The van der Waals surface area contributed by atoms with Crippen LogP contribution in [-0.4, -0.2) is 49.3 Å². The van der Waals surface area contributed by atoms with E-state index in [-0.39, 0.29) is 11.5 Å². The Hall–Kier alpha value is -2.89. The standard InChI is InChI=1S/C16H14F4N4O3S/c1-2-28(26,27)22-15(25)12-7-14(23-9-16(19,20)13(23)8-17)24(21-12)11-5-3-10(18)4-6-11/h2-7,13H,1,8-9H2,(H,22,25). The zero-order valence-electron chi connectivity index (χ0n) is 14.1. The molecule has 0 radical (unpaired) electrons. The molecule has 1 atom stereocenters. The number of carbonyl (C=O) groups is 1. The van der Waals surface area contributed by atoms with Crippen LogP contribution < -0.4 is 9.62 Å². The van der Waals surface area contributed by atoms with Crippen LogP contribution in [0.4, 0.5) is 23.4 Å². The molecule has 1 aromatic carbocycles. The highest BCUT2D eigenvalue weighted by atomic mass is 32.2. The first kappa shape index (κ1) is 19.9. The second kappa shape index (κ2) is 6.93. The van der Waals surface area contributed by atoms with Gasteiger partial charge in [0.25, 0.3) is 21.9 Å². The fourth-order valence-electron chi connectivity index (χ4n) is 2.68. The van der Waals surface area contributed by atoms with E-state index in [1.54, 1.807) is 4.72 Å². The summed E-state index contributed by atoms with van der Waals surface area (Å²) >= 11 is 0. The minimum absolute atomic E-state index is 0.0682. The summed E-state index contributed by atoms with van der Waals surface area (Å²) in [5, 5.41) is 4.43. The number of benzene rings is 1. The van der Waals surface area contributed by atoms with Gasteiger partial charge in [-0.05, 0) is 24.3 Å². The number of amides is 1. The second-order valence-corrected chi connectivity index (χ2v) is 7.61. The number of nitrogens with zero attached hydrogens (tertiary/aromatic N) is 3. The number of halogens is 4. The van der Waals surface area contributed by atoms with E-state index in [2.05, 4.69) is 11.7 Å². The zero-order valence-corrected chi connectivity index (χ0v) is 15.0. The van der Waals surface area contributed by atoms with Crippen molar-refractivity contribution in [1.82, 2.24) is 14.5 Å². The van der Waals surface area contributed by atoms with Crippen molar-refractivity contribution in [3.63, 3.8) is 0 Å². The fourth-order valence-corrected chi connectivity index (χ4v) is 3.12. The number of hydrogen-bond donors (Lipinski definition) is 1. The van der Waals surface area contributed by atoms with Gasteiger partial charge in [0.1, 0.15) is 24.4 Å². The van der Waals surface area contributed by atoms with E-state index >= 15 is 0 Å². The zero-order chi connectivity index (χ0) is 20.7. The maximum atomic E-state index is 13.6. The third-order valence-electron chi connectivity index (χ3n) is 4.13. The molecule has 1 saturated heterocycles. The van der Waals surface area contributed by atoms with E-state index in [4.69, 9.17) is 0 Å². The maximum Gasteiger partial charge on any atom is 0.287 e. The monoisotopic (exact) mass is 418 g/mol. The van der Waals surface area contributed by atoms with Crippen LogP contribution >= 0.6 is 0 Å². The molecule has 1 fully saturated rings. The Morgan fingerprint density at radius 3 is 2.54 bits per heavy atom.